The number of hydrogen-bond acceptors (Lipinski definition) is 20. The zero-order chi connectivity index (χ0) is 46.2. The molecule has 0 amide bonds. The molecule has 0 unspecified atom stereocenters. The quantitative estimate of drug-likeness (QED) is 0.121. The summed E-state index contributed by atoms with van der Waals surface area (Å²) in [5.74, 6) is -16.3. The van der Waals surface area contributed by atoms with Gasteiger partial charge in [-0.25, -0.2) is 38.4 Å². The van der Waals surface area contributed by atoms with E-state index in [1.807, 2.05) is 0 Å². The van der Waals surface area contributed by atoms with Crippen molar-refractivity contribution in [3.63, 3.8) is 0 Å². The highest BCUT2D eigenvalue weighted by Gasteiger charge is 2.58. The summed E-state index contributed by atoms with van der Waals surface area (Å²) in [6.45, 7) is 1.49. The van der Waals surface area contributed by atoms with Crippen molar-refractivity contribution in [3.8, 4) is 0 Å². The third-order valence-corrected chi connectivity index (χ3v) is 12.0. The molecule has 8 aliphatic rings. The third kappa shape index (κ3) is 8.79. The monoisotopic (exact) mass is 902 g/mol. The van der Waals surface area contributed by atoms with E-state index < -0.39 is 94.2 Å². The Kier molecular flexibility index (Phi) is 11.5. The largest absolute Gasteiger partial charge is 0.480 e. The lowest BCUT2D eigenvalue weighted by atomic mass is 9.87. The molecular weight excluding hydrogens is 860 g/mol. The van der Waals surface area contributed by atoms with Gasteiger partial charge < -0.3 is 57.6 Å². The predicted octanol–water partition coefficient (Wildman–Crippen LogP) is 4.59. The number of aliphatic hydroxyl groups is 2. The smallest absolute Gasteiger partial charge is 0.348 e. The van der Waals surface area contributed by atoms with Crippen LogP contribution in [-0.2, 0) is 85.7 Å². The lowest BCUT2D eigenvalue weighted by Crippen LogP contribution is -2.54. The van der Waals surface area contributed by atoms with Gasteiger partial charge in [0.2, 0.25) is 0 Å². The molecule has 5 aliphatic heterocycles. The van der Waals surface area contributed by atoms with E-state index in [0.29, 0.717) is 12.8 Å². The lowest BCUT2D eigenvalue weighted by Gasteiger charge is -2.46. The molecule has 2 N–H and O–H groups in total. The highest BCUT2D eigenvalue weighted by atomic mass is 16.8. The maximum Gasteiger partial charge on any atom is 0.348 e. The van der Waals surface area contributed by atoms with E-state index in [0.717, 1.165) is 25.3 Å². The van der Waals surface area contributed by atoms with Gasteiger partial charge in [-0.2, -0.15) is 0 Å². The Morgan fingerprint density at radius 3 is 0.969 bits per heavy atom. The van der Waals surface area contributed by atoms with Crippen molar-refractivity contribution in [3.05, 3.63) is 107 Å². The Bertz CT molecular complexity index is 2340. The van der Waals surface area contributed by atoms with Crippen molar-refractivity contribution in [2.24, 2.45) is 0 Å². The third-order valence-electron chi connectivity index (χ3n) is 12.0. The summed E-state index contributed by atoms with van der Waals surface area (Å²) < 4.78 is 55.0. The van der Waals surface area contributed by atoms with E-state index in [1.54, 1.807) is 0 Å². The van der Waals surface area contributed by atoms with Crippen LogP contribution in [0.2, 0.25) is 0 Å². The lowest BCUT2D eigenvalue weighted by molar-refractivity contribution is -0.297. The van der Waals surface area contributed by atoms with E-state index >= 15 is 0 Å². The highest BCUT2D eigenvalue weighted by molar-refractivity contribution is 6.16. The first kappa shape index (κ1) is 44.2. The number of ether oxygens (including phenoxy) is 10. The number of aliphatic hydroxyl groups excluding tert-OH is 2. The fourth-order valence-electron chi connectivity index (χ4n) is 8.44. The van der Waals surface area contributed by atoms with Gasteiger partial charge in [-0.3, -0.25) is 0 Å². The van der Waals surface area contributed by atoms with Crippen molar-refractivity contribution in [2.45, 2.75) is 119 Å². The molecule has 8 rings (SSSR count). The van der Waals surface area contributed by atoms with E-state index in [4.69, 9.17) is 47.4 Å². The van der Waals surface area contributed by atoms with Crippen LogP contribution in [0.3, 0.4) is 0 Å². The summed E-state index contributed by atoms with van der Waals surface area (Å²) in [5, 5.41) is 21.3. The number of carbonyl (C=O) groups is 8. The fraction of sp³-hybridized carbons (Fsp3) is 0.422. The zero-order valence-electron chi connectivity index (χ0n) is 34.8. The Morgan fingerprint density at radius 1 is 0.354 bits per heavy atom. The summed E-state index contributed by atoms with van der Waals surface area (Å²) >= 11 is 0. The minimum atomic E-state index is -1.70. The Labute approximate surface area is 369 Å². The maximum atomic E-state index is 13.0. The second-order valence-corrected chi connectivity index (χ2v) is 16.2. The molecule has 342 valence electrons. The van der Waals surface area contributed by atoms with Gasteiger partial charge >= 0.3 is 47.8 Å². The Balaban J connectivity index is 0.812. The molecule has 0 aromatic heterocycles. The molecule has 5 heterocycles. The predicted molar refractivity (Wildman–Crippen MR) is 210 cm³/mol. The van der Waals surface area contributed by atoms with Gasteiger partial charge in [0.25, 0.3) is 40.8 Å². The second-order valence-electron chi connectivity index (χ2n) is 16.2. The molecule has 0 atom stereocenters. The average molecular weight is 903 g/mol. The number of allylic oxidation sites excluding steroid dienone is 9. The van der Waals surface area contributed by atoms with Crippen LogP contribution in [-0.4, -0.2) is 86.9 Å². The number of rotatable bonds is 6. The van der Waals surface area contributed by atoms with Gasteiger partial charge in [0, 0.05) is 64.2 Å². The van der Waals surface area contributed by atoms with Crippen molar-refractivity contribution in [2.75, 3.05) is 0 Å². The van der Waals surface area contributed by atoms with Crippen LogP contribution in [0.15, 0.2) is 107 Å². The van der Waals surface area contributed by atoms with Crippen molar-refractivity contribution < 1.29 is 95.9 Å². The molecule has 5 spiro atoms. The molecule has 0 bridgehead atoms. The molecule has 3 saturated heterocycles. The van der Waals surface area contributed by atoms with Crippen LogP contribution in [0.4, 0.5) is 0 Å². The molecule has 0 aromatic carbocycles. The van der Waals surface area contributed by atoms with Crippen LogP contribution < -0.4 is 0 Å². The molecule has 20 heteroatoms. The van der Waals surface area contributed by atoms with E-state index in [9.17, 15) is 48.6 Å². The molecule has 3 saturated carbocycles. The number of carbonyl (C=O) groups excluding carboxylic acids is 8. The van der Waals surface area contributed by atoms with Crippen LogP contribution in [0.5, 0.6) is 0 Å². The maximum absolute atomic E-state index is 13.0. The van der Waals surface area contributed by atoms with Crippen LogP contribution in [0.1, 0.15) is 90.4 Å². The van der Waals surface area contributed by atoms with Gasteiger partial charge in [0.05, 0.1) is 0 Å². The summed E-state index contributed by atoms with van der Waals surface area (Å²) in [6.07, 6.45) is 16.5. The van der Waals surface area contributed by atoms with Crippen molar-refractivity contribution in [1.29, 1.82) is 0 Å². The topological polar surface area (TPSA) is 269 Å². The Morgan fingerprint density at radius 2 is 0.646 bits per heavy atom. The molecule has 6 fully saturated rings. The summed E-state index contributed by atoms with van der Waals surface area (Å²) in [6, 6.07) is 0. The minimum absolute atomic E-state index is 0.0602. The van der Waals surface area contributed by atoms with Crippen LogP contribution >= 0.6 is 0 Å². The minimum Gasteiger partial charge on any atom is -0.480 e. The van der Waals surface area contributed by atoms with E-state index in [1.165, 1.54) is 67.7 Å². The normalized spacial score (nSPS) is 28.6. The van der Waals surface area contributed by atoms with Gasteiger partial charge in [-0.05, 0) is 44.1 Å². The van der Waals surface area contributed by atoms with Crippen molar-refractivity contribution in [1.82, 2.24) is 0 Å². The number of hydrogen-bond donors (Lipinski definition) is 2. The average Bonchev–Trinajstić information content (AvgIpc) is 3.24. The van der Waals surface area contributed by atoms with Gasteiger partial charge in [-0.1, -0.05) is 49.0 Å². The molecule has 3 aliphatic carbocycles. The van der Waals surface area contributed by atoms with Crippen LogP contribution in [0, 0.1) is 0 Å². The molecule has 20 nitrogen and oxygen atoms in total. The Hall–Kier alpha value is -7.38. The molecule has 0 aromatic rings. The second kappa shape index (κ2) is 17.0. The van der Waals surface area contributed by atoms with Crippen LogP contribution in [0.25, 0.3) is 0 Å². The SMILES string of the molecule is CC=C1C(=O)OC2(CCC3(CC2)OC(=O)C(/C=C/C=C/C=C2C(=O)OC4(CCC5(CC4)OC(=O)C(/C=C/C=C/C=C4C(=O)OC6(CCCCC6)OC4=O)=C(O)O5)OC2=O)=C(O)O3)OC1=O. The molecule has 65 heavy (non-hydrogen) atoms. The van der Waals surface area contributed by atoms with Gasteiger partial charge in [-0.15, -0.1) is 0 Å². The first-order valence-electron chi connectivity index (χ1n) is 20.9. The summed E-state index contributed by atoms with van der Waals surface area (Å²) in [7, 11) is 0. The summed E-state index contributed by atoms with van der Waals surface area (Å²) in [4.78, 5) is 101. The van der Waals surface area contributed by atoms with E-state index in [2.05, 4.69) is 0 Å². The highest BCUT2D eigenvalue weighted by Crippen LogP contribution is 2.47. The number of esters is 8. The summed E-state index contributed by atoms with van der Waals surface area (Å²) in [5.41, 5.74) is -1.64. The standard InChI is InChI=1S/C45H42O20/c1-2-26-31(46)56-42(57-32(26)47)18-20-43(21-19-42)60-35(50)28(36(51)61-43)14-8-4-9-15-30-39(54)64-45(65-40(30)55)24-22-44(23-25-45)62-37(52)29(38(53)63-44)13-7-3-6-12-27-33(48)58-41(59-34(27)49)16-10-5-11-17-41/h2-4,6-9,12-15,50,52H,5,10-11,16-25H2,1H3/b6-3+,9-4+,13-7+,14-8+,26-2?,30-15?. The zero-order valence-corrected chi connectivity index (χ0v) is 34.8. The van der Waals surface area contributed by atoms with E-state index in [-0.39, 0.29) is 73.7 Å². The first-order chi connectivity index (χ1) is 31.0. The van der Waals surface area contributed by atoms with Gasteiger partial charge in [0.15, 0.2) is 0 Å². The fourth-order valence-corrected chi connectivity index (χ4v) is 8.44. The van der Waals surface area contributed by atoms with Crippen molar-refractivity contribution >= 4 is 47.8 Å². The van der Waals surface area contributed by atoms with Gasteiger partial charge in [0.1, 0.15) is 27.9 Å². The molecule has 0 radical (unpaired) electrons. The molecular formula is C45H42O20. The first-order valence-corrected chi connectivity index (χ1v) is 20.9.